The van der Waals surface area contributed by atoms with E-state index >= 15 is 0 Å². The van der Waals surface area contributed by atoms with Gasteiger partial charge in [0.2, 0.25) is 5.95 Å². The van der Waals surface area contributed by atoms with Gasteiger partial charge in [-0.25, -0.2) is 4.98 Å². The molecule has 0 amide bonds. The predicted molar refractivity (Wildman–Crippen MR) is 60.9 cm³/mol. The number of hydrogen-bond acceptors (Lipinski definition) is 3. The molecule has 0 aromatic carbocycles. The Bertz CT molecular complexity index is 404. The molecule has 92 valence electrons. The molecule has 0 bridgehead atoms. The van der Waals surface area contributed by atoms with E-state index in [1.807, 2.05) is 0 Å². The fraction of sp³-hybridized carbons (Fsp3) is 0.538. The maximum Gasteiger partial charge on any atom is 0.306 e. The van der Waals surface area contributed by atoms with Crippen LogP contribution in [0.25, 0.3) is 0 Å². The molecule has 2 rings (SSSR count). The summed E-state index contributed by atoms with van der Waals surface area (Å²) in [7, 11) is 0. The van der Waals surface area contributed by atoms with Crippen LogP contribution in [0.5, 0.6) is 0 Å². The van der Waals surface area contributed by atoms with E-state index in [-0.39, 0.29) is 11.9 Å². The number of halogens is 1. The Morgan fingerprint density at radius 3 is 3.00 bits per heavy atom. The van der Waals surface area contributed by atoms with E-state index in [1.54, 1.807) is 13.0 Å². The second-order valence-corrected chi connectivity index (χ2v) is 4.36. The van der Waals surface area contributed by atoms with Crippen LogP contribution in [0, 0.1) is 11.9 Å². The minimum atomic E-state index is -0.489. The summed E-state index contributed by atoms with van der Waals surface area (Å²) in [4.78, 5) is 15.0. The predicted octanol–water partition coefficient (Wildman–Crippen LogP) is 2.67. The van der Waals surface area contributed by atoms with Gasteiger partial charge in [-0.05, 0) is 49.3 Å². The number of carbonyl (C=O) groups is 1. The molecule has 0 N–H and O–H groups in total. The highest BCUT2D eigenvalue weighted by Gasteiger charge is 2.34. The lowest BCUT2D eigenvalue weighted by atomic mass is 9.92. The highest BCUT2D eigenvalue weighted by atomic mass is 19.1. The number of carbonyl (C=O) groups excluding carboxylic acids is 1. The number of esters is 1. The van der Waals surface area contributed by atoms with Crippen LogP contribution in [-0.2, 0) is 9.53 Å². The first-order valence-electron chi connectivity index (χ1n) is 5.97. The van der Waals surface area contributed by atoms with Gasteiger partial charge in [0.05, 0.1) is 13.0 Å². The molecule has 0 saturated heterocycles. The van der Waals surface area contributed by atoms with Gasteiger partial charge in [-0.1, -0.05) is 0 Å². The molecule has 0 unspecified atom stereocenters. The maximum absolute atomic E-state index is 13.1. The molecule has 1 fully saturated rings. The quantitative estimate of drug-likeness (QED) is 0.583. The SMILES string of the molecule is CCOC(=O)C[C@@H](c1ccnc(F)c1)C1CC1. The highest BCUT2D eigenvalue weighted by Crippen LogP contribution is 2.44. The van der Waals surface area contributed by atoms with Crippen LogP contribution in [0.4, 0.5) is 4.39 Å². The standard InChI is InChI=1S/C13H16FNO2/c1-2-17-13(16)8-11(9-3-4-9)10-5-6-15-12(14)7-10/h5-7,9,11H,2-4,8H2,1H3/t11-/m1/s1. The van der Waals surface area contributed by atoms with Gasteiger partial charge in [0.25, 0.3) is 0 Å². The van der Waals surface area contributed by atoms with E-state index in [4.69, 9.17) is 4.74 Å². The Labute approximate surface area is 100 Å². The van der Waals surface area contributed by atoms with Gasteiger partial charge in [-0.15, -0.1) is 0 Å². The summed E-state index contributed by atoms with van der Waals surface area (Å²) >= 11 is 0. The summed E-state index contributed by atoms with van der Waals surface area (Å²) in [5.41, 5.74) is 0.855. The van der Waals surface area contributed by atoms with E-state index in [0.29, 0.717) is 18.9 Å². The van der Waals surface area contributed by atoms with Gasteiger partial charge in [0, 0.05) is 6.20 Å². The highest BCUT2D eigenvalue weighted by molar-refractivity contribution is 5.70. The van der Waals surface area contributed by atoms with E-state index in [9.17, 15) is 9.18 Å². The Kier molecular flexibility index (Phi) is 3.71. The number of ether oxygens (including phenoxy) is 1. The number of pyridine rings is 1. The molecule has 1 saturated carbocycles. The molecule has 0 spiro atoms. The van der Waals surface area contributed by atoms with Crippen molar-refractivity contribution < 1.29 is 13.9 Å². The monoisotopic (exact) mass is 237 g/mol. The fourth-order valence-electron chi connectivity index (χ4n) is 2.10. The Morgan fingerprint density at radius 1 is 1.65 bits per heavy atom. The summed E-state index contributed by atoms with van der Waals surface area (Å²) in [6, 6.07) is 3.20. The maximum atomic E-state index is 13.1. The van der Waals surface area contributed by atoms with Crippen LogP contribution in [0.3, 0.4) is 0 Å². The molecule has 1 heterocycles. The van der Waals surface area contributed by atoms with Gasteiger partial charge in [-0.2, -0.15) is 4.39 Å². The summed E-state index contributed by atoms with van der Waals surface area (Å²) in [5.74, 6) is -0.133. The van der Waals surface area contributed by atoms with Crippen molar-refractivity contribution in [2.75, 3.05) is 6.61 Å². The molecule has 1 aromatic heterocycles. The van der Waals surface area contributed by atoms with E-state index in [2.05, 4.69) is 4.98 Å². The van der Waals surface area contributed by atoms with Crippen molar-refractivity contribution in [3.8, 4) is 0 Å². The van der Waals surface area contributed by atoms with Crippen molar-refractivity contribution in [1.82, 2.24) is 4.98 Å². The smallest absolute Gasteiger partial charge is 0.306 e. The topological polar surface area (TPSA) is 39.2 Å². The van der Waals surface area contributed by atoms with Crippen molar-refractivity contribution >= 4 is 5.97 Å². The largest absolute Gasteiger partial charge is 0.466 e. The van der Waals surface area contributed by atoms with Crippen LogP contribution >= 0.6 is 0 Å². The van der Waals surface area contributed by atoms with Gasteiger partial charge in [-0.3, -0.25) is 4.79 Å². The zero-order valence-electron chi connectivity index (χ0n) is 9.86. The van der Waals surface area contributed by atoms with Gasteiger partial charge in [0.15, 0.2) is 0 Å². The van der Waals surface area contributed by atoms with Gasteiger partial charge in [0.1, 0.15) is 0 Å². The Morgan fingerprint density at radius 2 is 2.41 bits per heavy atom. The summed E-state index contributed by atoms with van der Waals surface area (Å²) in [6.07, 6.45) is 4.00. The van der Waals surface area contributed by atoms with Gasteiger partial charge >= 0.3 is 5.97 Å². The zero-order valence-corrected chi connectivity index (χ0v) is 9.86. The first kappa shape index (κ1) is 12.0. The lowest BCUT2D eigenvalue weighted by Gasteiger charge is -2.15. The molecular weight excluding hydrogens is 221 g/mol. The average Bonchev–Trinajstić information content (AvgIpc) is 3.10. The van der Waals surface area contributed by atoms with Crippen LogP contribution in [-0.4, -0.2) is 17.6 Å². The fourth-order valence-corrected chi connectivity index (χ4v) is 2.10. The molecule has 1 aliphatic rings. The van der Waals surface area contributed by atoms with Crippen molar-refractivity contribution in [2.24, 2.45) is 5.92 Å². The summed E-state index contributed by atoms with van der Waals surface area (Å²) in [6.45, 7) is 2.18. The average molecular weight is 237 g/mol. The first-order valence-corrected chi connectivity index (χ1v) is 5.97. The third kappa shape index (κ3) is 3.25. The van der Waals surface area contributed by atoms with Crippen molar-refractivity contribution in [1.29, 1.82) is 0 Å². The van der Waals surface area contributed by atoms with Crippen molar-refractivity contribution in [3.63, 3.8) is 0 Å². The normalized spacial score (nSPS) is 16.6. The van der Waals surface area contributed by atoms with Crippen molar-refractivity contribution in [2.45, 2.75) is 32.1 Å². The Balaban J connectivity index is 2.09. The van der Waals surface area contributed by atoms with E-state index < -0.39 is 5.95 Å². The molecule has 0 aliphatic heterocycles. The minimum Gasteiger partial charge on any atom is -0.466 e. The molecule has 4 heteroatoms. The van der Waals surface area contributed by atoms with E-state index in [1.165, 1.54) is 12.3 Å². The number of rotatable bonds is 5. The van der Waals surface area contributed by atoms with Crippen LogP contribution in [0.1, 0.15) is 37.7 Å². The third-order valence-electron chi connectivity index (χ3n) is 3.06. The van der Waals surface area contributed by atoms with E-state index in [0.717, 1.165) is 18.4 Å². The molecule has 0 radical (unpaired) electrons. The van der Waals surface area contributed by atoms with Crippen LogP contribution < -0.4 is 0 Å². The number of aromatic nitrogens is 1. The third-order valence-corrected chi connectivity index (χ3v) is 3.06. The molecular formula is C13H16FNO2. The molecule has 1 aliphatic carbocycles. The van der Waals surface area contributed by atoms with Crippen LogP contribution in [0.15, 0.2) is 18.3 Å². The molecule has 3 nitrogen and oxygen atoms in total. The zero-order chi connectivity index (χ0) is 12.3. The second-order valence-electron chi connectivity index (χ2n) is 4.36. The molecule has 17 heavy (non-hydrogen) atoms. The summed E-state index contributed by atoms with van der Waals surface area (Å²) in [5, 5.41) is 0. The Hall–Kier alpha value is -1.45. The lowest BCUT2D eigenvalue weighted by Crippen LogP contribution is -2.12. The van der Waals surface area contributed by atoms with Crippen molar-refractivity contribution in [3.05, 3.63) is 29.8 Å². The second kappa shape index (κ2) is 5.25. The number of nitrogens with zero attached hydrogens (tertiary/aromatic N) is 1. The first-order chi connectivity index (χ1) is 8.20. The lowest BCUT2D eigenvalue weighted by molar-refractivity contribution is -0.143. The molecule has 1 aromatic rings. The minimum absolute atomic E-state index is 0.0755. The molecule has 1 atom stereocenters. The van der Waals surface area contributed by atoms with Crippen LogP contribution in [0.2, 0.25) is 0 Å². The van der Waals surface area contributed by atoms with Gasteiger partial charge < -0.3 is 4.74 Å². The summed E-state index contributed by atoms with van der Waals surface area (Å²) < 4.78 is 18.0. The number of hydrogen-bond donors (Lipinski definition) is 0.